The number of furan rings is 1. The number of fused-ring (bicyclic) bond motifs is 1. The zero-order chi connectivity index (χ0) is 20.3. The first-order valence-corrected chi connectivity index (χ1v) is 9.85. The minimum absolute atomic E-state index is 0.219. The average molecular weight is 396 g/mol. The molecule has 0 spiro atoms. The average Bonchev–Trinajstić information content (AvgIpc) is 3.08. The van der Waals surface area contributed by atoms with Crippen molar-refractivity contribution in [3.8, 4) is 5.75 Å². The fourth-order valence-electron chi connectivity index (χ4n) is 2.96. The number of ketones is 1. The van der Waals surface area contributed by atoms with E-state index in [0.29, 0.717) is 17.1 Å². The number of carbonyl (C=O) groups is 2. The van der Waals surface area contributed by atoms with Crippen LogP contribution in [0.4, 0.5) is 0 Å². The van der Waals surface area contributed by atoms with Gasteiger partial charge in [0.15, 0.2) is 12.4 Å². The van der Waals surface area contributed by atoms with Gasteiger partial charge in [0, 0.05) is 10.3 Å². The highest BCUT2D eigenvalue weighted by atomic mass is 32.2. The van der Waals surface area contributed by atoms with Crippen LogP contribution in [0, 0.1) is 13.8 Å². The van der Waals surface area contributed by atoms with Crippen molar-refractivity contribution in [1.29, 1.82) is 0 Å². The third kappa shape index (κ3) is 4.46. The molecule has 0 fully saturated rings. The lowest BCUT2D eigenvalue weighted by Crippen LogP contribution is -2.11. The number of carbonyl (C=O) groups excluding carboxylic acids is 1. The SMILES string of the molecule is CSc1ccc2cc(C(=O)/C=C/c3cc(C)c(OCC(=O)O)c(C)c3)oc2c1. The second-order valence-electron chi connectivity index (χ2n) is 6.38. The molecule has 28 heavy (non-hydrogen) atoms. The van der Waals surface area contributed by atoms with Gasteiger partial charge < -0.3 is 14.3 Å². The Hall–Kier alpha value is -2.99. The minimum Gasteiger partial charge on any atom is -0.481 e. The lowest BCUT2D eigenvalue weighted by Gasteiger charge is -2.11. The van der Waals surface area contributed by atoms with Gasteiger partial charge in [0.2, 0.25) is 5.78 Å². The number of benzene rings is 2. The Morgan fingerprint density at radius 1 is 1.14 bits per heavy atom. The molecule has 0 unspecified atom stereocenters. The predicted molar refractivity (Wildman–Crippen MR) is 110 cm³/mol. The molecule has 0 atom stereocenters. The number of aliphatic carboxylic acids is 1. The van der Waals surface area contributed by atoms with Crippen LogP contribution < -0.4 is 4.74 Å². The van der Waals surface area contributed by atoms with Crippen molar-refractivity contribution in [2.75, 3.05) is 12.9 Å². The fourth-order valence-corrected chi connectivity index (χ4v) is 3.38. The van der Waals surface area contributed by atoms with E-state index in [1.807, 2.05) is 50.4 Å². The van der Waals surface area contributed by atoms with Crippen molar-refractivity contribution in [3.63, 3.8) is 0 Å². The molecular weight excluding hydrogens is 376 g/mol. The van der Waals surface area contributed by atoms with Crippen LogP contribution in [0.3, 0.4) is 0 Å². The van der Waals surface area contributed by atoms with Crippen molar-refractivity contribution in [3.05, 3.63) is 64.9 Å². The van der Waals surface area contributed by atoms with Crippen LogP contribution in [0.1, 0.15) is 27.2 Å². The van der Waals surface area contributed by atoms with Gasteiger partial charge in [-0.2, -0.15) is 0 Å². The molecule has 6 heteroatoms. The van der Waals surface area contributed by atoms with Crippen LogP contribution in [0.5, 0.6) is 5.75 Å². The van der Waals surface area contributed by atoms with Gasteiger partial charge in [0.25, 0.3) is 0 Å². The summed E-state index contributed by atoms with van der Waals surface area (Å²) in [4.78, 5) is 24.2. The van der Waals surface area contributed by atoms with Gasteiger partial charge in [-0.15, -0.1) is 11.8 Å². The molecule has 0 bridgehead atoms. The summed E-state index contributed by atoms with van der Waals surface area (Å²) in [6.45, 7) is 3.29. The Morgan fingerprint density at radius 3 is 2.50 bits per heavy atom. The van der Waals surface area contributed by atoms with Gasteiger partial charge in [0.05, 0.1) is 0 Å². The van der Waals surface area contributed by atoms with Gasteiger partial charge in [-0.1, -0.05) is 6.08 Å². The number of carboxylic acids is 1. The lowest BCUT2D eigenvalue weighted by molar-refractivity contribution is -0.139. The molecule has 3 rings (SSSR count). The number of allylic oxidation sites excluding steroid dienone is 1. The molecule has 1 N–H and O–H groups in total. The van der Waals surface area contributed by atoms with E-state index in [-0.39, 0.29) is 12.4 Å². The first-order chi connectivity index (χ1) is 13.4. The van der Waals surface area contributed by atoms with Crippen LogP contribution in [-0.2, 0) is 4.79 Å². The third-order valence-corrected chi connectivity index (χ3v) is 4.95. The highest BCUT2D eigenvalue weighted by molar-refractivity contribution is 7.98. The summed E-state index contributed by atoms with van der Waals surface area (Å²) in [6, 6.07) is 11.3. The van der Waals surface area contributed by atoms with E-state index in [9.17, 15) is 9.59 Å². The van der Waals surface area contributed by atoms with Crippen LogP contribution in [0.25, 0.3) is 17.0 Å². The maximum atomic E-state index is 12.5. The Balaban J connectivity index is 1.79. The van der Waals surface area contributed by atoms with Crippen molar-refractivity contribution in [2.45, 2.75) is 18.7 Å². The molecule has 2 aromatic carbocycles. The monoisotopic (exact) mass is 396 g/mol. The van der Waals surface area contributed by atoms with Gasteiger partial charge in [-0.3, -0.25) is 4.79 Å². The molecule has 0 radical (unpaired) electrons. The molecule has 0 aliphatic heterocycles. The normalized spacial score (nSPS) is 11.2. The summed E-state index contributed by atoms with van der Waals surface area (Å²) >= 11 is 1.62. The Labute approximate surface area is 167 Å². The van der Waals surface area contributed by atoms with E-state index in [2.05, 4.69) is 0 Å². The van der Waals surface area contributed by atoms with Crippen LogP contribution in [-0.4, -0.2) is 29.7 Å². The van der Waals surface area contributed by atoms with E-state index in [0.717, 1.165) is 27.0 Å². The largest absolute Gasteiger partial charge is 0.481 e. The van der Waals surface area contributed by atoms with E-state index < -0.39 is 5.97 Å². The van der Waals surface area contributed by atoms with Gasteiger partial charge >= 0.3 is 5.97 Å². The highest BCUT2D eigenvalue weighted by Gasteiger charge is 2.11. The summed E-state index contributed by atoms with van der Waals surface area (Å²) in [5.74, 6) is -0.403. The quantitative estimate of drug-likeness (QED) is 0.339. The molecule has 0 saturated heterocycles. The van der Waals surface area contributed by atoms with Crippen LogP contribution in [0.2, 0.25) is 0 Å². The molecule has 0 saturated carbocycles. The Morgan fingerprint density at radius 2 is 1.86 bits per heavy atom. The van der Waals surface area contributed by atoms with Crippen LogP contribution >= 0.6 is 11.8 Å². The van der Waals surface area contributed by atoms with E-state index in [4.69, 9.17) is 14.3 Å². The topological polar surface area (TPSA) is 76.7 Å². The van der Waals surface area contributed by atoms with E-state index in [1.165, 1.54) is 6.08 Å². The molecule has 1 aromatic heterocycles. The second kappa shape index (κ2) is 8.35. The summed E-state index contributed by atoms with van der Waals surface area (Å²) in [7, 11) is 0. The second-order valence-corrected chi connectivity index (χ2v) is 7.26. The Kier molecular flexibility index (Phi) is 5.90. The molecule has 1 heterocycles. The molecule has 0 amide bonds. The summed E-state index contributed by atoms with van der Waals surface area (Å²) in [5, 5.41) is 9.65. The Bertz CT molecular complexity index is 1050. The standard InChI is InChI=1S/C22H20O5S/c1-13-8-15(9-14(2)22(13)26-12-21(24)25)4-7-18(23)20-10-16-5-6-17(28-3)11-19(16)27-20/h4-11H,12H2,1-3H3,(H,24,25)/b7-4+. The maximum Gasteiger partial charge on any atom is 0.341 e. The smallest absolute Gasteiger partial charge is 0.341 e. The zero-order valence-corrected chi connectivity index (χ0v) is 16.6. The molecule has 144 valence electrons. The highest BCUT2D eigenvalue weighted by Crippen LogP contribution is 2.27. The van der Waals surface area contributed by atoms with Gasteiger partial charge in [0.1, 0.15) is 11.3 Å². The molecular formula is C22H20O5S. The number of aryl methyl sites for hydroxylation is 2. The summed E-state index contributed by atoms with van der Waals surface area (Å²) in [6.07, 6.45) is 5.17. The summed E-state index contributed by atoms with van der Waals surface area (Å²) in [5.41, 5.74) is 3.13. The van der Waals surface area contributed by atoms with E-state index >= 15 is 0 Å². The van der Waals surface area contributed by atoms with Gasteiger partial charge in [-0.05, 0) is 79.3 Å². The fraction of sp³-hybridized carbons (Fsp3) is 0.182. The molecule has 0 aliphatic rings. The number of hydrogen-bond donors (Lipinski definition) is 1. The van der Waals surface area contributed by atoms with Crippen molar-refractivity contribution in [2.24, 2.45) is 0 Å². The predicted octanol–water partition coefficient (Wildman–Crippen LogP) is 5.13. The first kappa shape index (κ1) is 19.8. The molecule has 0 aliphatic carbocycles. The van der Waals surface area contributed by atoms with Crippen molar-refractivity contribution >= 4 is 40.6 Å². The number of rotatable bonds is 7. The zero-order valence-electron chi connectivity index (χ0n) is 15.8. The summed E-state index contributed by atoms with van der Waals surface area (Å²) < 4.78 is 11.0. The first-order valence-electron chi connectivity index (χ1n) is 8.63. The number of hydrogen-bond acceptors (Lipinski definition) is 5. The number of thioether (sulfide) groups is 1. The number of ether oxygens (including phenoxy) is 1. The number of carboxylic acid groups (broad SMARTS) is 1. The minimum atomic E-state index is -1.02. The van der Waals surface area contributed by atoms with Gasteiger partial charge in [-0.25, -0.2) is 4.79 Å². The maximum absolute atomic E-state index is 12.5. The van der Waals surface area contributed by atoms with Crippen molar-refractivity contribution in [1.82, 2.24) is 0 Å². The van der Waals surface area contributed by atoms with Crippen molar-refractivity contribution < 1.29 is 23.8 Å². The third-order valence-electron chi connectivity index (χ3n) is 4.22. The lowest BCUT2D eigenvalue weighted by atomic mass is 10.0. The molecule has 3 aromatic rings. The van der Waals surface area contributed by atoms with E-state index in [1.54, 1.807) is 23.9 Å². The van der Waals surface area contributed by atoms with Crippen LogP contribution in [0.15, 0.2) is 51.8 Å². The molecule has 5 nitrogen and oxygen atoms in total.